The molecule has 2 aromatic rings. The molecule has 2 saturated heterocycles. The highest BCUT2D eigenvalue weighted by atomic mass is 16.5. The molecule has 182 valence electrons. The van der Waals surface area contributed by atoms with Gasteiger partial charge in [-0.1, -0.05) is 24.3 Å². The van der Waals surface area contributed by atoms with Crippen molar-refractivity contribution in [1.29, 1.82) is 0 Å². The molecular formula is C27H36N4O3. The van der Waals surface area contributed by atoms with Gasteiger partial charge in [-0.25, -0.2) is 0 Å². The normalized spacial score (nSPS) is 22.6. The third-order valence-electron chi connectivity index (χ3n) is 7.43. The molecule has 3 heterocycles. The molecule has 3 aliphatic rings. The molecule has 1 amide bonds. The fourth-order valence-corrected chi connectivity index (χ4v) is 5.57. The summed E-state index contributed by atoms with van der Waals surface area (Å²) in [5.74, 6) is 0.981. The number of carbonyl (C=O) groups is 1. The second-order valence-corrected chi connectivity index (χ2v) is 9.45. The van der Waals surface area contributed by atoms with Crippen molar-refractivity contribution in [2.24, 2.45) is 5.92 Å². The molecule has 5 rings (SSSR count). The van der Waals surface area contributed by atoms with Crippen LogP contribution in [-0.2, 0) is 16.0 Å². The largest absolute Gasteiger partial charge is 0.497 e. The van der Waals surface area contributed by atoms with Gasteiger partial charge in [-0.05, 0) is 43.1 Å². The Bertz CT molecular complexity index is 978. The molecule has 0 aromatic heterocycles. The molecule has 0 bridgehead atoms. The van der Waals surface area contributed by atoms with Crippen LogP contribution in [0.25, 0.3) is 0 Å². The summed E-state index contributed by atoms with van der Waals surface area (Å²) in [6.07, 6.45) is 1.76. The molecule has 7 heteroatoms. The summed E-state index contributed by atoms with van der Waals surface area (Å²) in [5.41, 5.74) is 3.72. The summed E-state index contributed by atoms with van der Waals surface area (Å²) < 4.78 is 10.9. The maximum absolute atomic E-state index is 13.4. The fourth-order valence-electron chi connectivity index (χ4n) is 5.57. The molecule has 1 N–H and O–H groups in total. The van der Waals surface area contributed by atoms with Crippen LogP contribution >= 0.6 is 0 Å². The number of anilines is 2. The van der Waals surface area contributed by atoms with E-state index in [4.69, 9.17) is 9.47 Å². The molecule has 0 saturated carbocycles. The molecular weight excluding hydrogens is 428 g/mol. The number of nitrogens with zero attached hydrogens (tertiary/aromatic N) is 3. The number of ether oxygens (including phenoxy) is 2. The Morgan fingerprint density at radius 1 is 1.09 bits per heavy atom. The molecule has 2 atom stereocenters. The van der Waals surface area contributed by atoms with E-state index in [1.54, 1.807) is 7.11 Å². The minimum atomic E-state index is -0.0632. The molecule has 0 radical (unpaired) electrons. The van der Waals surface area contributed by atoms with E-state index in [2.05, 4.69) is 56.4 Å². The van der Waals surface area contributed by atoms with E-state index >= 15 is 0 Å². The number of amides is 1. The van der Waals surface area contributed by atoms with Crippen LogP contribution in [0, 0.1) is 5.92 Å². The number of morpholine rings is 1. The van der Waals surface area contributed by atoms with Crippen molar-refractivity contribution in [2.75, 3.05) is 75.9 Å². The Morgan fingerprint density at radius 2 is 1.94 bits per heavy atom. The molecule has 7 nitrogen and oxygen atoms in total. The van der Waals surface area contributed by atoms with Gasteiger partial charge < -0.3 is 24.6 Å². The summed E-state index contributed by atoms with van der Waals surface area (Å²) in [4.78, 5) is 20.7. The number of carbonyl (C=O) groups excluding carboxylic acids is 1. The predicted molar refractivity (Wildman–Crippen MR) is 135 cm³/mol. The van der Waals surface area contributed by atoms with E-state index in [0.717, 1.165) is 83.3 Å². The smallest absolute Gasteiger partial charge is 0.225 e. The number of piperazine rings is 1. The number of fused-ring (bicyclic) bond motifs is 3. The van der Waals surface area contributed by atoms with Gasteiger partial charge in [0.15, 0.2) is 0 Å². The average Bonchev–Trinajstić information content (AvgIpc) is 2.90. The molecule has 3 aliphatic heterocycles. The van der Waals surface area contributed by atoms with Gasteiger partial charge in [0.1, 0.15) is 5.75 Å². The molecule has 2 fully saturated rings. The minimum Gasteiger partial charge on any atom is -0.497 e. The molecule has 34 heavy (non-hydrogen) atoms. The fraction of sp³-hybridized carbons (Fsp3) is 0.519. The molecule has 0 aliphatic carbocycles. The second kappa shape index (κ2) is 10.7. The predicted octanol–water partition coefficient (Wildman–Crippen LogP) is 2.40. The summed E-state index contributed by atoms with van der Waals surface area (Å²) in [6, 6.07) is 17.0. The van der Waals surface area contributed by atoms with E-state index in [0.29, 0.717) is 0 Å². The molecule has 0 unspecified atom stereocenters. The zero-order valence-corrected chi connectivity index (χ0v) is 20.1. The SMILES string of the molecule is COc1cccc(N2CCN3c4ccccc4C[C@H](C(=O)NCCCN4CCOCC4)[C@H]3C2)c1. The first-order chi connectivity index (χ1) is 16.7. The standard InChI is InChI=1S/C27H36N4O3/c1-33-23-8-4-7-22(19-23)30-12-13-31-25-9-3-2-6-21(25)18-24(26(31)20-30)27(32)28-10-5-11-29-14-16-34-17-15-29/h2-4,6-9,19,24,26H,5,10-18,20H2,1H3,(H,28,32)/t24-,26+/m0/s1. The highest BCUT2D eigenvalue weighted by molar-refractivity contribution is 5.82. The third kappa shape index (κ3) is 5.00. The topological polar surface area (TPSA) is 57.3 Å². The second-order valence-electron chi connectivity index (χ2n) is 9.45. The number of methoxy groups -OCH3 is 1. The van der Waals surface area contributed by atoms with Crippen LogP contribution in [0.5, 0.6) is 5.75 Å². The summed E-state index contributed by atoms with van der Waals surface area (Å²) >= 11 is 0. The zero-order valence-electron chi connectivity index (χ0n) is 20.1. The lowest BCUT2D eigenvalue weighted by Crippen LogP contribution is -2.61. The Labute approximate surface area is 202 Å². The maximum Gasteiger partial charge on any atom is 0.225 e. The lowest BCUT2D eigenvalue weighted by molar-refractivity contribution is -0.125. The van der Waals surface area contributed by atoms with Gasteiger partial charge in [-0.3, -0.25) is 9.69 Å². The number of para-hydroxylation sites is 1. The molecule has 2 aromatic carbocycles. The summed E-state index contributed by atoms with van der Waals surface area (Å²) in [6.45, 7) is 8.00. The minimum absolute atomic E-state index is 0.0632. The van der Waals surface area contributed by atoms with Crippen molar-refractivity contribution in [1.82, 2.24) is 10.2 Å². The Morgan fingerprint density at radius 3 is 2.79 bits per heavy atom. The van der Waals surface area contributed by atoms with E-state index in [9.17, 15) is 4.79 Å². The van der Waals surface area contributed by atoms with E-state index in [1.165, 1.54) is 11.3 Å². The Kier molecular flexibility index (Phi) is 7.21. The number of benzene rings is 2. The van der Waals surface area contributed by atoms with Crippen molar-refractivity contribution in [3.63, 3.8) is 0 Å². The van der Waals surface area contributed by atoms with Gasteiger partial charge >= 0.3 is 0 Å². The lowest BCUT2D eigenvalue weighted by Gasteiger charge is -2.49. The van der Waals surface area contributed by atoms with Crippen LogP contribution in [0.1, 0.15) is 12.0 Å². The third-order valence-corrected chi connectivity index (χ3v) is 7.43. The van der Waals surface area contributed by atoms with Gasteiger partial charge in [0.25, 0.3) is 0 Å². The van der Waals surface area contributed by atoms with Crippen molar-refractivity contribution in [3.8, 4) is 5.75 Å². The van der Waals surface area contributed by atoms with Crippen molar-refractivity contribution >= 4 is 17.3 Å². The van der Waals surface area contributed by atoms with Gasteiger partial charge in [0.05, 0.1) is 32.3 Å². The van der Waals surface area contributed by atoms with Crippen LogP contribution in [0.3, 0.4) is 0 Å². The lowest BCUT2D eigenvalue weighted by atomic mass is 9.83. The number of hydrogen-bond acceptors (Lipinski definition) is 6. The van der Waals surface area contributed by atoms with Crippen molar-refractivity contribution in [2.45, 2.75) is 18.9 Å². The molecule has 0 spiro atoms. The number of nitrogens with one attached hydrogen (secondary N) is 1. The first-order valence-electron chi connectivity index (χ1n) is 12.5. The maximum atomic E-state index is 13.4. The highest BCUT2D eigenvalue weighted by Crippen LogP contribution is 2.37. The summed E-state index contributed by atoms with van der Waals surface area (Å²) in [5, 5.41) is 3.27. The number of hydrogen-bond donors (Lipinski definition) is 1. The number of rotatable bonds is 7. The van der Waals surface area contributed by atoms with Crippen LogP contribution in [0.2, 0.25) is 0 Å². The first kappa shape index (κ1) is 23.0. The zero-order chi connectivity index (χ0) is 23.3. The van der Waals surface area contributed by atoms with Gasteiger partial charge in [-0.2, -0.15) is 0 Å². The van der Waals surface area contributed by atoms with E-state index < -0.39 is 0 Å². The van der Waals surface area contributed by atoms with Crippen LogP contribution < -0.4 is 19.9 Å². The van der Waals surface area contributed by atoms with Crippen molar-refractivity contribution in [3.05, 3.63) is 54.1 Å². The van der Waals surface area contributed by atoms with Crippen LogP contribution in [0.4, 0.5) is 11.4 Å². The Balaban J connectivity index is 1.27. The van der Waals surface area contributed by atoms with E-state index in [-0.39, 0.29) is 17.9 Å². The Hall–Kier alpha value is -2.77. The quantitative estimate of drug-likeness (QED) is 0.635. The van der Waals surface area contributed by atoms with Crippen molar-refractivity contribution < 1.29 is 14.3 Å². The monoisotopic (exact) mass is 464 g/mol. The van der Waals surface area contributed by atoms with Gasteiger partial charge in [0, 0.05) is 56.7 Å². The van der Waals surface area contributed by atoms with Crippen LogP contribution in [0.15, 0.2) is 48.5 Å². The van der Waals surface area contributed by atoms with E-state index in [1.807, 2.05) is 12.1 Å². The average molecular weight is 465 g/mol. The van der Waals surface area contributed by atoms with Gasteiger partial charge in [0.2, 0.25) is 5.91 Å². The van der Waals surface area contributed by atoms with Crippen LogP contribution in [-0.4, -0.2) is 83.0 Å². The van der Waals surface area contributed by atoms with Gasteiger partial charge in [-0.15, -0.1) is 0 Å². The highest BCUT2D eigenvalue weighted by Gasteiger charge is 2.41. The summed E-state index contributed by atoms with van der Waals surface area (Å²) in [7, 11) is 1.70. The first-order valence-corrected chi connectivity index (χ1v) is 12.5.